The number of carboxylic acid groups (broad SMARTS) is 1. The number of halogens is 2. The van der Waals surface area contributed by atoms with Crippen LogP contribution in [0.2, 0.25) is 0 Å². The van der Waals surface area contributed by atoms with E-state index in [9.17, 15) is 45.2 Å². The van der Waals surface area contributed by atoms with E-state index in [4.69, 9.17) is 5.73 Å². The number of aromatic nitrogens is 3. The second-order valence-corrected chi connectivity index (χ2v) is 10.7. The second-order valence-electron chi connectivity index (χ2n) is 10.7. The van der Waals surface area contributed by atoms with Gasteiger partial charge < -0.3 is 35.9 Å². The largest absolute Gasteiger partial charge is 0.499 e. The fraction of sp³-hybridized carbons (Fsp3) is 0.360. The van der Waals surface area contributed by atoms with Crippen molar-refractivity contribution in [1.82, 2.24) is 15.0 Å². The van der Waals surface area contributed by atoms with E-state index in [2.05, 4.69) is 15.1 Å². The number of nitrogens with one attached hydrogen (secondary N) is 1. The summed E-state index contributed by atoms with van der Waals surface area (Å²) in [7, 11) is 0. The maximum Gasteiger partial charge on any atom is 0.341 e. The van der Waals surface area contributed by atoms with Crippen molar-refractivity contribution in [3.63, 3.8) is 0 Å². The molecule has 238 valence electrons. The number of nitrogens with zero attached hydrogens (tertiary/aromatic N) is 6. The van der Waals surface area contributed by atoms with E-state index in [-0.39, 0.29) is 34.2 Å². The smallest absolute Gasteiger partial charge is 0.341 e. The van der Waals surface area contributed by atoms with Gasteiger partial charge in [0.25, 0.3) is 11.3 Å². The van der Waals surface area contributed by atoms with E-state index in [1.165, 1.54) is 4.57 Å². The van der Waals surface area contributed by atoms with Gasteiger partial charge in [0.05, 0.1) is 31.6 Å². The van der Waals surface area contributed by atoms with Gasteiger partial charge in [-0.3, -0.25) is 29.7 Å². The number of anilines is 2. The molecule has 2 aliphatic rings. The van der Waals surface area contributed by atoms with E-state index in [0.717, 1.165) is 19.0 Å². The highest BCUT2D eigenvalue weighted by Crippen LogP contribution is 2.42. The Labute approximate surface area is 248 Å². The number of nitro groups is 2. The molecule has 18 nitrogen and oxygen atoms in total. The Morgan fingerprint density at radius 1 is 1.16 bits per heavy atom. The van der Waals surface area contributed by atoms with Crippen LogP contribution in [0.25, 0.3) is 21.9 Å². The van der Waals surface area contributed by atoms with Gasteiger partial charge in [-0.2, -0.15) is 0 Å². The molecular weight excluding hydrogens is 610 g/mol. The Bertz CT molecular complexity index is 1970. The number of hydrogen-bond acceptors (Lipinski definition) is 13. The molecule has 1 aliphatic heterocycles. The van der Waals surface area contributed by atoms with E-state index in [0.29, 0.717) is 19.2 Å². The Kier molecular flexibility index (Phi) is 7.61. The van der Waals surface area contributed by atoms with Crippen molar-refractivity contribution in [2.24, 2.45) is 0 Å². The molecule has 1 saturated heterocycles. The van der Waals surface area contributed by atoms with Crippen LogP contribution in [-0.4, -0.2) is 60.9 Å². The number of nitro benzene ring substituents is 2. The first-order valence-corrected chi connectivity index (χ1v) is 13.3. The monoisotopic (exact) mass is 634 g/mol. The van der Waals surface area contributed by atoms with Crippen LogP contribution in [-0.2, 0) is 0 Å². The first-order chi connectivity index (χ1) is 21.1. The van der Waals surface area contributed by atoms with Crippen LogP contribution in [0.4, 0.5) is 31.5 Å². The van der Waals surface area contributed by atoms with Crippen molar-refractivity contribution >= 4 is 50.7 Å². The van der Waals surface area contributed by atoms with Gasteiger partial charge in [-0.1, -0.05) is 0 Å². The molecule has 0 bridgehead atoms. The minimum absolute atomic E-state index is 0.0134. The molecule has 6 rings (SSSR count). The number of benzene rings is 2. The predicted molar refractivity (Wildman–Crippen MR) is 150 cm³/mol. The number of nitrogens with two attached hydrogens (primary N) is 1. The Hall–Kier alpha value is -5.66. The highest BCUT2D eigenvalue weighted by Gasteiger charge is 2.35. The van der Waals surface area contributed by atoms with Crippen molar-refractivity contribution in [1.29, 1.82) is 0 Å². The number of carbonyl (C=O) groups is 1. The molecule has 1 saturated carbocycles. The lowest BCUT2D eigenvalue weighted by Crippen LogP contribution is -2.54. The highest BCUT2D eigenvalue weighted by molar-refractivity contribution is 6.00. The molecular formula is C25H24F2N8O10. The maximum absolute atomic E-state index is 15.6. The third-order valence-corrected chi connectivity index (χ3v) is 7.40. The standard InChI is InChI=1S/C19H22F2N4O3.C6H2N4O7/c1-8-5-24(6-9(2)23-8)17-13(20)15(22)12-16(14(17)21)25(10-3-4-10)7-11(18(12)26)19(27)28;11-6-3(9(14)15)1-2(8(12)13)4-5(6)10(16)17-7-4/h7-10,23H,3-6,22H2,1-2H3,(H,27,28);1,11H. The van der Waals surface area contributed by atoms with Crippen molar-refractivity contribution in [3.05, 3.63) is 65.1 Å². The lowest BCUT2D eigenvalue weighted by molar-refractivity contribution is -0.782. The number of carboxylic acids is 1. The highest BCUT2D eigenvalue weighted by atomic mass is 19.1. The number of pyridine rings is 1. The number of aromatic carboxylic acids is 1. The third kappa shape index (κ3) is 5.24. The molecule has 2 unspecified atom stereocenters. The number of fused-ring (bicyclic) bond motifs is 2. The summed E-state index contributed by atoms with van der Waals surface area (Å²) < 4.78 is 36.3. The molecule has 2 aromatic carbocycles. The number of nitrogen functional groups attached to an aromatic ring is 1. The molecule has 2 fully saturated rings. The lowest BCUT2D eigenvalue weighted by atomic mass is 10.0. The van der Waals surface area contributed by atoms with Crippen LogP contribution in [0, 0.1) is 37.1 Å². The summed E-state index contributed by atoms with van der Waals surface area (Å²) >= 11 is 0. The number of phenols is 1. The van der Waals surface area contributed by atoms with E-state index < -0.39 is 77.7 Å². The van der Waals surface area contributed by atoms with Gasteiger partial charge in [0.2, 0.25) is 5.43 Å². The number of hydrogen-bond donors (Lipinski definition) is 4. The van der Waals surface area contributed by atoms with Crippen LogP contribution < -0.4 is 26.3 Å². The number of non-ortho nitro benzene ring substituents is 1. The van der Waals surface area contributed by atoms with Gasteiger partial charge >= 0.3 is 22.9 Å². The molecule has 2 aromatic heterocycles. The van der Waals surface area contributed by atoms with E-state index >= 15 is 8.78 Å². The van der Waals surface area contributed by atoms with Crippen molar-refractivity contribution in [3.8, 4) is 5.75 Å². The molecule has 5 N–H and O–H groups in total. The predicted octanol–water partition coefficient (Wildman–Crippen LogP) is 2.06. The summed E-state index contributed by atoms with van der Waals surface area (Å²) in [6, 6.07) is 0.397. The number of piperazine rings is 1. The summed E-state index contributed by atoms with van der Waals surface area (Å²) in [5.74, 6) is -4.38. The summed E-state index contributed by atoms with van der Waals surface area (Å²) in [5, 5.41) is 56.9. The zero-order valence-electron chi connectivity index (χ0n) is 23.4. The quantitative estimate of drug-likeness (QED) is 0.106. The summed E-state index contributed by atoms with van der Waals surface area (Å²) in [4.78, 5) is 44.5. The Morgan fingerprint density at radius 2 is 1.76 bits per heavy atom. The van der Waals surface area contributed by atoms with Crippen LogP contribution in [0.5, 0.6) is 5.75 Å². The average molecular weight is 635 g/mol. The average Bonchev–Trinajstić information content (AvgIpc) is 3.72. The summed E-state index contributed by atoms with van der Waals surface area (Å²) in [6.07, 6.45) is 2.60. The summed E-state index contributed by atoms with van der Waals surface area (Å²) in [5.41, 5.74) is 0.437. The lowest BCUT2D eigenvalue weighted by Gasteiger charge is -2.38. The zero-order valence-corrected chi connectivity index (χ0v) is 23.4. The Balaban J connectivity index is 0.000000201. The van der Waals surface area contributed by atoms with Crippen LogP contribution in [0.15, 0.2) is 21.7 Å². The van der Waals surface area contributed by atoms with Crippen LogP contribution >= 0.6 is 0 Å². The Morgan fingerprint density at radius 3 is 2.29 bits per heavy atom. The molecule has 3 heterocycles. The normalized spacial score (nSPS) is 18.1. The van der Waals surface area contributed by atoms with E-state index in [1.807, 2.05) is 13.8 Å². The van der Waals surface area contributed by atoms with E-state index in [1.54, 1.807) is 4.90 Å². The molecule has 0 amide bonds. The number of rotatable bonds is 5. The SMILES string of the molecule is CC1CN(c2c(F)c(N)c3c(=O)c(C(=O)O)cn(C4CC4)c3c2F)CC(C)N1.O=[N+]([O-])c1cc([N+](=O)[O-])c2no[n+]([O-])c2c1O. The number of phenolic OH excluding ortho intramolecular Hbond substituents is 1. The van der Waals surface area contributed by atoms with Gasteiger partial charge in [0, 0.05) is 37.4 Å². The third-order valence-electron chi connectivity index (χ3n) is 7.40. The van der Waals surface area contributed by atoms with Gasteiger partial charge in [-0.25, -0.2) is 13.6 Å². The van der Waals surface area contributed by atoms with Crippen molar-refractivity contribution < 1.29 is 43.2 Å². The fourth-order valence-electron chi connectivity index (χ4n) is 5.41. The van der Waals surface area contributed by atoms with Crippen molar-refractivity contribution in [2.45, 2.75) is 44.8 Å². The fourth-order valence-corrected chi connectivity index (χ4v) is 5.41. The molecule has 1 aliphatic carbocycles. The first-order valence-electron chi connectivity index (χ1n) is 13.3. The summed E-state index contributed by atoms with van der Waals surface area (Å²) in [6.45, 7) is 4.60. The van der Waals surface area contributed by atoms with Crippen molar-refractivity contribution in [2.75, 3.05) is 23.7 Å². The minimum Gasteiger partial charge on any atom is -0.499 e. The molecule has 0 radical (unpaired) electrons. The number of aromatic hydroxyl groups is 1. The topological polar surface area (TPSA) is 260 Å². The van der Waals surface area contributed by atoms with Crippen LogP contribution in [0.3, 0.4) is 0 Å². The van der Waals surface area contributed by atoms with Gasteiger partial charge in [0.1, 0.15) is 17.3 Å². The van der Waals surface area contributed by atoms with Crippen LogP contribution in [0.1, 0.15) is 43.1 Å². The molecule has 2 atom stereocenters. The molecule has 0 spiro atoms. The van der Waals surface area contributed by atoms with Gasteiger partial charge in [-0.05, 0) is 31.6 Å². The maximum atomic E-state index is 15.6. The van der Waals surface area contributed by atoms with Gasteiger partial charge in [0.15, 0.2) is 11.6 Å². The first kappa shape index (κ1) is 30.8. The van der Waals surface area contributed by atoms with Gasteiger partial charge in [-0.15, -0.1) is 0 Å². The molecule has 20 heteroatoms. The molecule has 4 aromatic rings. The zero-order chi connectivity index (χ0) is 33.1. The molecule has 45 heavy (non-hydrogen) atoms. The minimum atomic E-state index is -1.45. The second kappa shape index (κ2) is 11.1.